The minimum absolute atomic E-state index is 0.0640. The Bertz CT molecular complexity index is 589. The molecule has 0 unspecified atom stereocenters. The van der Waals surface area contributed by atoms with E-state index in [4.69, 9.17) is 0 Å². The van der Waals surface area contributed by atoms with Crippen LogP contribution in [0.2, 0.25) is 0 Å². The summed E-state index contributed by atoms with van der Waals surface area (Å²) in [5.41, 5.74) is 1.66. The molecular formula is C16H19N3O2. The second-order valence-electron chi connectivity index (χ2n) is 6.29. The van der Waals surface area contributed by atoms with Crippen LogP contribution in [0.15, 0.2) is 24.3 Å². The van der Waals surface area contributed by atoms with E-state index in [1.54, 1.807) is 0 Å². The number of nitrogens with one attached hydrogen (secondary N) is 2. The van der Waals surface area contributed by atoms with E-state index in [2.05, 4.69) is 10.6 Å². The smallest absolute Gasteiger partial charge is 0.252 e. The third kappa shape index (κ3) is 2.12. The number of hydrogen-bond acceptors (Lipinski definition) is 3. The fraction of sp³-hybridized carbons (Fsp3) is 0.500. The molecule has 0 aliphatic carbocycles. The molecule has 4 rings (SSSR count). The zero-order chi connectivity index (χ0) is 14.4. The number of nitrogens with zero attached hydrogens (tertiary/aromatic N) is 1. The molecule has 2 saturated heterocycles. The fourth-order valence-corrected chi connectivity index (χ4v) is 3.85. The molecule has 2 N–H and O–H groups in total. The summed E-state index contributed by atoms with van der Waals surface area (Å²) in [6.45, 7) is 3.77. The molecule has 1 aromatic rings. The molecule has 3 atom stereocenters. The van der Waals surface area contributed by atoms with Crippen LogP contribution in [0.25, 0.3) is 0 Å². The van der Waals surface area contributed by atoms with E-state index in [-0.39, 0.29) is 17.9 Å². The molecule has 3 aliphatic heterocycles. The highest BCUT2D eigenvalue weighted by Crippen LogP contribution is 2.31. The van der Waals surface area contributed by atoms with Gasteiger partial charge in [-0.05, 0) is 23.5 Å². The van der Waals surface area contributed by atoms with Crippen molar-refractivity contribution in [3.05, 3.63) is 35.4 Å². The van der Waals surface area contributed by atoms with Crippen LogP contribution in [-0.2, 0) is 4.79 Å². The van der Waals surface area contributed by atoms with E-state index < -0.39 is 0 Å². The number of rotatable bonds is 2. The number of carbonyl (C=O) groups excluding carboxylic acids is 2. The van der Waals surface area contributed by atoms with Crippen molar-refractivity contribution in [3.8, 4) is 0 Å². The van der Waals surface area contributed by atoms with E-state index in [0.29, 0.717) is 23.8 Å². The Morgan fingerprint density at radius 1 is 1.19 bits per heavy atom. The number of benzene rings is 1. The van der Waals surface area contributed by atoms with Crippen molar-refractivity contribution in [2.45, 2.75) is 12.5 Å². The zero-order valence-corrected chi connectivity index (χ0v) is 11.8. The van der Waals surface area contributed by atoms with Gasteiger partial charge >= 0.3 is 0 Å². The van der Waals surface area contributed by atoms with Crippen molar-refractivity contribution < 1.29 is 9.59 Å². The van der Waals surface area contributed by atoms with Gasteiger partial charge in [-0.15, -0.1) is 0 Å². The molecule has 2 amide bonds. The molecule has 3 heterocycles. The van der Waals surface area contributed by atoms with Gasteiger partial charge in [0.25, 0.3) is 5.91 Å². The highest BCUT2D eigenvalue weighted by atomic mass is 16.2. The third-order valence-electron chi connectivity index (χ3n) is 5.01. The highest BCUT2D eigenvalue weighted by molar-refractivity contribution is 5.99. The summed E-state index contributed by atoms with van der Waals surface area (Å²) in [4.78, 5) is 26.4. The van der Waals surface area contributed by atoms with Crippen LogP contribution < -0.4 is 10.6 Å². The number of carbonyl (C=O) groups is 2. The lowest BCUT2D eigenvalue weighted by molar-refractivity contribution is -0.130. The average molecular weight is 285 g/mol. The van der Waals surface area contributed by atoms with Crippen LogP contribution in [0.4, 0.5) is 0 Å². The first kappa shape index (κ1) is 12.8. The van der Waals surface area contributed by atoms with Crippen LogP contribution in [0.3, 0.4) is 0 Å². The maximum Gasteiger partial charge on any atom is 0.252 e. The first-order valence-electron chi connectivity index (χ1n) is 7.60. The normalized spacial score (nSPS) is 30.2. The lowest BCUT2D eigenvalue weighted by atomic mass is 10.0. The number of hydrogen-bond donors (Lipinski definition) is 2. The van der Waals surface area contributed by atoms with E-state index in [9.17, 15) is 9.59 Å². The topological polar surface area (TPSA) is 61.4 Å². The Labute approximate surface area is 123 Å². The lowest BCUT2D eigenvalue weighted by Crippen LogP contribution is -2.34. The maximum atomic E-state index is 12.5. The van der Waals surface area contributed by atoms with Gasteiger partial charge < -0.3 is 15.5 Å². The van der Waals surface area contributed by atoms with Crippen molar-refractivity contribution in [3.63, 3.8) is 0 Å². The molecule has 0 bridgehead atoms. The van der Waals surface area contributed by atoms with E-state index in [1.165, 1.54) is 0 Å². The van der Waals surface area contributed by atoms with Crippen molar-refractivity contribution >= 4 is 11.8 Å². The van der Waals surface area contributed by atoms with Gasteiger partial charge in [0.1, 0.15) is 0 Å². The van der Waals surface area contributed by atoms with Crippen LogP contribution in [0.5, 0.6) is 0 Å². The van der Waals surface area contributed by atoms with Crippen LogP contribution in [-0.4, -0.2) is 42.9 Å². The van der Waals surface area contributed by atoms with Gasteiger partial charge in [0, 0.05) is 31.7 Å². The van der Waals surface area contributed by atoms with Gasteiger partial charge in [-0.2, -0.15) is 0 Å². The first-order valence-corrected chi connectivity index (χ1v) is 7.60. The van der Waals surface area contributed by atoms with E-state index in [1.807, 2.05) is 29.2 Å². The van der Waals surface area contributed by atoms with Crippen molar-refractivity contribution in [2.24, 2.45) is 11.8 Å². The molecule has 110 valence electrons. The fourth-order valence-electron chi connectivity index (χ4n) is 3.85. The SMILES string of the molecule is O=C1N[C@H](CC(=O)N2C[C@H]3CNC[C@H]3C2)c2ccccc21. The van der Waals surface area contributed by atoms with Gasteiger partial charge in [-0.1, -0.05) is 18.2 Å². The van der Waals surface area contributed by atoms with E-state index >= 15 is 0 Å². The molecule has 0 radical (unpaired) electrons. The van der Waals surface area contributed by atoms with Crippen LogP contribution in [0.1, 0.15) is 28.4 Å². The summed E-state index contributed by atoms with van der Waals surface area (Å²) >= 11 is 0. The summed E-state index contributed by atoms with van der Waals surface area (Å²) in [6.07, 6.45) is 0.371. The molecule has 0 saturated carbocycles. The Hall–Kier alpha value is -1.88. The number of amides is 2. The van der Waals surface area contributed by atoms with Gasteiger partial charge in [-0.3, -0.25) is 9.59 Å². The minimum Gasteiger partial charge on any atom is -0.345 e. The third-order valence-corrected chi connectivity index (χ3v) is 5.01. The minimum atomic E-state index is -0.167. The van der Waals surface area contributed by atoms with Gasteiger partial charge in [0.15, 0.2) is 0 Å². The second kappa shape index (κ2) is 4.84. The Balaban J connectivity index is 1.45. The predicted octanol–water partition coefficient (Wildman–Crippen LogP) is 0.539. The highest BCUT2D eigenvalue weighted by Gasteiger charge is 2.39. The summed E-state index contributed by atoms with van der Waals surface area (Å²) in [5.74, 6) is 1.32. The average Bonchev–Trinajstić information content (AvgIpc) is 3.14. The molecule has 1 aromatic carbocycles. The molecule has 21 heavy (non-hydrogen) atoms. The number of fused-ring (bicyclic) bond motifs is 2. The molecule has 3 aliphatic rings. The van der Waals surface area contributed by atoms with Crippen LogP contribution >= 0.6 is 0 Å². The quantitative estimate of drug-likeness (QED) is 0.834. The Morgan fingerprint density at radius 3 is 2.67 bits per heavy atom. The molecular weight excluding hydrogens is 266 g/mol. The molecule has 2 fully saturated rings. The summed E-state index contributed by atoms with van der Waals surface area (Å²) in [6, 6.07) is 7.37. The maximum absolute atomic E-state index is 12.5. The van der Waals surface area contributed by atoms with Gasteiger partial charge in [-0.25, -0.2) is 0 Å². The molecule has 0 aromatic heterocycles. The Morgan fingerprint density at radius 2 is 1.90 bits per heavy atom. The zero-order valence-electron chi connectivity index (χ0n) is 11.8. The molecule has 0 spiro atoms. The van der Waals surface area contributed by atoms with E-state index in [0.717, 1.165) is 31.7 Å². The summed E-state index contributed by atoms with van der Waals surface area (Å²) < 4.78 is 0. The largest absolute Gasteiger partial charge is 0.345 e. The molecule has 5 nitrogen and oxygen atoms in total. The van der Waals surface area contributed by atoms with Crippen LogP contribution in [0, 0.1) is 11.8 Å². The Kier molecular flexibility index (Phi) is 2.96. The van der Waals surface area contributed by atoms with Crippen molar-refractivity contribution in [2.75, 3.05) is 26.2 Å². The first-order chi connectivity index (χ1) is 10.2. The predicted molar refractivity (Wildman–Crippen MR) is 77.7 cm³/mol. The second-order valence-corrected chi connectivity index (χ2v) is 6.29. The van der Waals surface area contributed by atoms with Gasteiger partial charge in [0.05, 0.1) is 12.5 Å². The van der Waals surface area contributed by atoms with Crippen molar-refractivity contribution in [1.82, 2.24) is 15.5 Å². The van der Waals surface area contributed by atoms with Gasteiger partial charge in [0.2, 0.25) is 5.91 Å². The standard InChI is InChI=1S/C16H19N3O2/c20-15(19-8-10-6-17-7-11(10)9-19)5-14-12-3-1-2-4-13(12)16(21)18-14/h1-4,10-11,14,17H,5-9H2,(H,18,21)/t10-,11+,14-/m1/s1. The lowest BCUT2D eigenvalue weighted by Gasteiger charge is -2.20. The van der Waals surface area contributed by atoms with Crippen molar-refractivity contribution in [1.29, 1.82) is 0 Å². The monoisotopic (exact) mass is 285 g/mol. The molecule has 5 heteroatoms. The summed E-state index contributed by atoms with van der Waals surface area (Å²) in [7, 11) is 0. The summed E-state index contributed by atoms with van der Waals surface area (Å²) in [5, 5.41) is 6.31. The number of likely N-dealkylation sites (tertiary alicyclic amines) is 1.